The van der Waals surface area contributed by atoms with Gasteiger partial charge in [-0.3, -0.25) is 0 Å². The van der Waals surface area contributed by atoms with Crippen LogP contribution in [-0.2, 0) is 4.66 Å². The lowest BCUT2D eigenvalue weighted by Crippen LogP contribution is -2.74. The zero-order valence-electron chi connectivity index (χ0n) is 32.0. The van der Waals surface area contributed by atoms with Gasteiger partial charge in [0.1, 0.15) is 0 Å². The van der Waals surface area contributed by atoms with Gasteiger partial charge in [0.2, 0.25) is 0 Å². The van der Waals surface area contributed by atoms with E-state index in [1.54, 1.807) is 0 Å². The first-order valence-electron chi connectivity index (χ1n) is 19.6. The Bertz CT molecular complexity index is 2810. The minimum atomic E-state index is -2.37. The monoisotopic (exact) mass is 736 g/mol. The number of hydrogen-bond donors (Lipinski definition) is 0. The fourth-order valence-corrected chi connectivity index (χ4v) is 24.5. The van der Waals surface area contributed by atoms with Crippen LogP contribution in [0.5, 0.6) is 0 Å². The molecule has 0 spiro atoms. The summed E-state index contributed by atoms with van der Waals surface area (Å²) in [6.07, 6.45) is 0. The van der Waals surface area contributed by atoms with Crippen LogP contribution in [0.1, 0.15) is 11.1 Å². The van der Waals surface area contributed by atoms with E-state index < -0.39 is 16.1 Å². The fraction of sp³-hybridized carbons (Fsp3) is 0.0943. The van der Waals surface area contributed by atoms with Crippen molar-refractivity contribution in [1.29, 1.82) is 0 Å². The van der Waals surface area contributed by atoms with E-state index in [-0.39, 0.29) is 4.66 Å². The van der Waals surface area contributed by atoms with Crippen LogP contribution in [-0.4, -0.2) is 16.1 Å². The molecule has 0 amide bonds. The van der Waals surface area contributed by atoms with Crippen molar-refractivity contribution in [3.8, 4) is 33.4 Å². The number of fused-ring (bicyclic) bond motifs is 6. The third-order valence-electron chi connectivity index (χ3n) is 13.2. The van der Waals surface area contributed by atoms with Gasteiger partial charge in [0.05, 0.1) is 16.1 Å². The SMILES string of the molecule is C[Si](C)(c1ccccc1)C1([Si](C)(C)c2ccccc2)c2ccccc2-c2ccc(-c3c4ccccc4c(-c4cccc5ccccc45)c4ccccc34)cc21. The third kappa shape index (κ3) is 4.75. The Labute approximate surface area is 326 Å². The van der Waals surface area contributed by atoms with E-state index in [4.69, 9.17) is 0 Å². The van der Waals surface area contributed by atoms with Crippen LogP contribution in [0.2, 0.25) is 26.2 Å². The second-order valence-corrected chi connectivity index (χ2v) is 26.1. The van der Waals surface area contributed by atoms with Crippen molar-refractivity contribution >= 4 is 58.8 Å². The molecule has 0 atom stereocenters. The summed E-state index contributed by atoms with van der Waals surface area (Å²) in [5, 5.41) is 10.7. The Morgan fingerprint density at radius 1 is 0.327 bits per heavy atom. The van der Waals surface area contributed by atoms with Crippen LogP contribution in [0.3, 0.4) is 0 Å². The summed E-state index contributed by atoms with van der Waals surface area (Å²) in [5.41, 5.74) is 11.0. The summed E-state index contributed by atoms with van der Waals surface area (Å²) in [5.74, 6) is 0. The molecule has 0 aliphatic heterocycles. The quantitative estimate of drug-likeness (QED) is 0.118. The number of rotatable bonds is 6. The molecule has 0 N–H and O–H groups in total. The summed E-state index contributed by atoms with van der Waals surface area (Å²) in [7, 11) is -4.73. The maximum absolute atomic E-state index is 2.66. The standard InChI is InChI=1S/C53H44Si2/c1-54(2,39-22-7-5-8-23-39)53(55(3,4)40-24-9-6-10-25-40)49-33-18-17-27-42(49)43-35-34-38(36-50(43)53)51-45-28-13-15-30-47(45)52(48-31-16-14-29-46(48)51)44-32-19-21-37-20-11-12-26-41(37)44/h5-36H,1-4H3. The van der Waals surface area contributed by atoms with Crippen LogP contribution in [0.15, 0.2) is 194 Å². The van der Waals surface area contributed by atoms with Gasteiger partial charge in [-0.05, 0) is 76.8 Å². The summed E-state index contributed by atoms with van der Waals surface area (Å²) in [6, 6.07) is 73.8. The van der Waals surface area contributed by atoms with Crippen LogP contribution < -0.4 is 10.4 Å². The van der Waals surface area contributed by atoms with Crippen LogP contribution in [0, 0.1) is 0 Å². The Morgan fingerprint density at radius 3 is 1.36 bits per heavy atom. The highest BCUT2D eigenvalue weighted by molar-refractivity contribution is 7.10. The van der Waals surface area contributed by atoms with Crippen LogP contribution >= 0.6 is 0 Å². The van der Waals surface area contributed by atoms with E-state index in [1.807, 2.05) is 0 Å². The molecule has 10 rings (SSSR count). The van der Waals surface area contributed by atoms with Gasteiger partial charge >= 0.3 is 0 Å². The van der Waals surface area contributed by atoms with Gasteiger partial charge in [-0.2, -0.15) is 0 Å². The molecule has 0 fully saturated rings. The van der Waals surface area contributed by atoms with Gasteiger partial charge in [-0.25, -0.2) is 0 Å². The van der Waals surface area contributed by atoms with Gasteiger partial charge in [0.15, 0.2) is 0 Å². The lowest BCUT2D eigenvalue weighted by atomic mass is 9.84. The van der Waals surface area contributed by atoms with E-state index in [1.165, 1.54) is 87.2 Å². The molecule has 0 bridgehead atoms. The van der Waals surface area contributed by atoms with Gasteiger partial charge in [-0.1, -0.05) is 231 Å². The van der Waals surface area contributed by atoms with Crippen molar-refractivity contribution < 1.29 is 0 Å². The topological polar surface area (TPSA) is 0 Å². The second kappa shape index (κ2) is 12.6. The molecular weight excluding hydrogens is 693 g/mol. The maximum atomic E-state index is 2.66. The molecule has 264 valence electrons. The molecule has 0 heterocycles. The molecule has 0 nitrogen and oxygen atoms in total. The lowest BCUT2D eigenvalue weighted by Gasteiger charge is -2.54. The smallest absolute Gasteiger partial charge is 0.0647 e. The van der Waals surface area contributed by atoms with Gasteiger partial charge in [0, 0.05) is 4.66 Å². The number of benzene rings is 9. The lowest BCUT2D eigenvalue weighted by molar-refractivity contribution is 0.969. The zero-order valence-corrected chi connectivity index (χ0v) is 34.0. The first-order valence-corrected chi connectivity index (χ1v) is 25.6. The predicted molar refractivity (Wildman–Crippen MR) is 243 cm³/mol. The normalized spacial score (nSPS) is 13.6. The molecule has 0 unspecified atom stereocenters. The molecule has 1 aliphatic carbocycles. The van der Waals surface area contributed by atoms with Crippen molar-refractivity contribution in [3.63, 3.8) is 0 Å². The molecule has 9 aromatic carbocycles. The molecule has 0 saturated carbocycles. The molecule has 9 aromatic rings. The van der Waals surface area contributed by atoms with Crippen molar-refractivity contribution in [1.82, 2.24) is 0 Å². The summed E-state index contributed by atoms with van der Waals surface area (Å²) >= 11 is 0. The summed E-state index contributed by atoms with van der Waals surface area (Å²) in [4.78, 5) is 0. The largest absolute Gasteiger partial charge is 0.0938 e. The Balaban J connectivity index is 1.32. The minimum absolute atomic E-state index is 0.154. The average Bonchev–Trinajstić information content (AvgIpc) is 3.55. The highest BCUT2D eigenvalue weighted by atomic mass is 28.4. The van der Waals surface area contributed by atoms with Crippen LogP contribution in [0.4, 0.5) is 0 Å². The number of hydrogen-bond acceptors (Lipinski definition) is 0. The fourth-order valence-electron chi connectivity index (χ4n) is 10.9. The predicted octanol–water partition coefficient (Wildman–Crippen LogP) is 13.1. The van der Waals surface area contributed by atoms with E-state index in [9.17, 15) is 0 Å². The van der Waals surface area contributed by atoms with Crippen molar-refractivity contribution in [2.45, 2.75) is 30.8 Å². The summed E-state index contributed by atoms with van der Waals surface area (Å²) < 4.78 is -0.154. The zero-order chi connectivity index (χ0) is 37.4. The molecular formula is C53H44Si2. The molecule has 1 aliphatic rings. The van der Waals surface area contributed by atoms with Crippen molar-refractivity contribution in [2.75, 3.05) is 0 Å². The molecule has 0 aromatic heterocycles. The van der Waals surface area contributed by atoms with E-state index in [0.717, 1.165) is 0 Å². The highest BCUT2D eigenvalue weighted by Gasteiger charge is 2.63. The highest BCUT2D eigenvalue weighted by Crippen LogP contribution is 2.58. The van der Waals surface area contributed by atoms with E-state index >= 15 is 0 Å². The van der Waals surface area contributed by atoms with E-state index in [0.29, 0.717) is 0 Å². The van der Waals surface area contributed by atoms with Crippen molar-refractivity contribution in [3.05, 3.63) is 205 Å². The van der Waals surface area contributed by atoms with Crippen LogP contribution in [0.25, 0.3) is 65.7 Å². The molecule has 0 saturated heterocycles. The Hall–Kier alpha value is -5.81. The maximum Gasteiger partial charge on any atom is 0.0938 e. The first-order chi connectivity index (χ1) is 26.8. The first kappa shape index (κ1) is 33.7. The third-order valence-corrected chi connectivity index (χ3v) is 25.3. The average molecular weight is 737 g/mol. The summed E-state index contributed by atoms with van der Waals surface area (Å²) in [6.45, 7) is 10.6. The Morgan fingerprint density at radius 2 is 0.764 bits per heavy atom. The van der Waals surface area contributed by atoms with Gasteiger partial charge < -0.3 is 0 Å². The minimum Gasteiger partial charge on any atom is -0.0647 e. The van der Waals surface area contributed by atoms with Gasteiger partial charge in [-0.15, -0.1) is 0 Å². The molecule has 2 heteroatoms. The van der Waals surface area contributed by atoms with Gasteiger partial charge in [0.25, 0.3) is 0 Å². The Kier molecular flexibility index (Phi) is 7.75. The van der Waals surface area contributed by atoms with Crippen molar-refractivity contribution in [2.24, 2.45) is 0 Å². The molecule has 0 radical (unpaired) electrons. The second-order valence-electron chi connectivity index (χ2n) is 16.4. The molecule has 55 heavy (non-hydrogen) atoms. The van der Waals surface area contributed by atoms with E-state index in [2.05, 4.69) is 220 Å².